The van der Waals surface area contributed by atoms with Gasteiger partial charge in [-0.3, -0.25) is 0 Å². The first kappa shape index (κ1) is 14.4. The average Bonchev–Trinajstić information content (AvgIpc) is 2.89. The molecule has 2 saturated carbocycles. The van der Waals surface area contributed by atoms with Gasteiger partial charge >= 0.3 is 0 Å². The van der Waals surface area contributed by atoms with Crippen molar-refractivity contribution >= 4 is 11.8 Å². The Hall–Kier alpha value is -0.550. The van der Waals surface area contributed by atoms with Crippen LogP contribution in [0.4, 0.5) is 0 Å². The van der Waals surface area contributed by atoms with E-state index in [0.29, 0.717) is 0 Å². The Morgan fingerprint density at radius 2 is 2.00 bits per heavy atom. The molecule has 1 heterocycles. The van der Waals surface area contributed by atoms with Crippen LogP contribution in [0.3, 0.4) is 0 Å². The van der Waals surface area contributed by atoms with Crippen LogP contribution in [-0.2, 0) is 12.2 Å². The van der Waals surface area contributed by atoms with Crippen LogP contribution in [0.15, 0.2) is 4.52 Å². The second kappa shape index (κ2) is 6.48. The highest BCUT2D eigenvalue weighted by atomic mass is 32.2. The number of hydrogen-bond acceptors (Lipinski definition) is 5. The molecular formula is C15H25N3OS. The van der Waals surface area contributed by atoms with E-state index in [4.69, 9.17) is 10.3 Å². The molecule has 4 nitrogen and oxygen atoms in total. The van der Waals surface area contributed by atoms with Gasteiger partial charge in [-0.15, -0.1) is 0 Å². The highest BCUT2D eigenvalue weighted by Crippen LogP contribution is 2.42. The summed E-state index contributed by atoms with van der Waals surface area (Å²) in [4.78, 5) is 4.56. The van der Waals surface area contributed by atoms with Crippen LogP contribution in [0.5, 0.6) is 0 Å². The van der Waals surface area contributed by atoms with E-state index in [1.165, 1.54) is 51.4 Å². The first-order valence-corrected chi connectivity index (χ1v) is 8.98. The summed E-state index contributed by atoms with van der Waals surface area (Å²) < 4.78 is 5.41. The monoisotopic (exact) mass is 295 g/mol. The van der Waals surface area contributed by atoms with Crippen LogP contribution in [0.1, 0.15) is 63.1 Å². The maximum atomic E-state index is 5.89. The maximum Gasteiger partial charge on any atom is 0.227 e. The van der Waals surface area contributed by atoms with Gasteiger partial charge in [-0.05, 0) is 37.6 Å². The molecule has 2 N–H and O–H groups in total. The number of nitrogens with zero attached hydrogens (tertiary/aromatic N) is 2. The Bertz CT molecular complexity index is 419. The van der Waals surface area contributed by atoms with Crippen molar-refractivity contribution in [2.45, 2.75) is 68.8 Å². The lowest BCUT2D eigenvalue weighted by Gasteiger charge is -2.39. The van der Waals surface area contributed by atoms with E-state index in [-0.39, 0.29) is 5.41 Å². The molecule has 1 aromatic heterocycles. The number of hydrogen-bond donors (Lipinski definition) is 1. The van der Waals surface area contributed by atoms with Crippen molar-refractivity contribution in [2.24, 2.45) is 11.1 Å². The fraction of sp³-hybridized carbons (Fsp3) is 0.867. The number of thioether (sulfide) groups is 1. The van der Waals surface area contributed by atoms with E-state index in [1.54, 1.807) is 0 Å². The van der Waals surface area contributed by atoms with Crippen molar-refractivity contribution in [2.75, 3.05) is 6.54 Å². The Labute approximate surface area is 125 Å². The Morgan fingerprint density at radius 1 is 1.20 bits per heavy atom. The van der Waals surface area contributed by atoms with Gasteiger partial charge in [0.05, 0.1) is 5.75 Å². The summed E-state index contributed by atoms with van der Waals surface area (Å²) in [6.45, 7) is 0.738. The zero-order valence-electron chi connectivity index (χ0n) is 12.1. The predicted octanol–water partition coefficient (Wildman–Crippen LogP) is 3.31. The molecule has 0 bridgehead atoms. The second-order valence-corrected chi connectivity index (χ2v) is 7.70. The van der Waals surface area contributed by atoms with Crippen molar-refractivity contribution in [1.82, 2.24) is 10.1 Å². The van der Waals surface area contributed by atoms with Gasteiger partial charge in [0.2, 0.25) is 5.89 Å². The normalized spacial score (nSPS) is 22.6. The molecule has 0 saturated heterocycles. The molecule has 3 rings (SSSR count). The van der Waals surface area contributed by atoms with Gasteiger partial charge in [0.1, 0.15) is 0 Å². The van der Waals surface area contributed by atoms with Crippen molar-refractivity contribution < 1.29 is 4.52 Å². The van der Waals surface area contributed by atoms with E-state index in [1.807, 2.05) is 11.8 Å². The van der Waals surface area contributed by atoms with E-state index in [9.17, 15) is 0 Å². The highest BCUT2D eigenvalue weighted by molar-refractivity contribution is 7.99. The molecule has 0 atom stereocenters. The molecule has 5 heteroatoms. The van der Waals surface area contributed by atoms with Crippen LogP contribution >= 0.6 is 11.8 Å². The Balaban J connectivity index is 1.49. The SMILES string of the molecule is NCC1(Cc2nc(CSC3CCCCC3)no2)CCC1. The summed E-state index contributed by atoms with van der Waals surface area (Å²) in [6, 6.07) is 0. The molecule has 0 unspecified atom stereocenters. The summed E-state index contributed by atoms with van der Waals surface area (Å²) in [6.07, 6.45) is 11.4. The summed E-state index contributed by atoms with van der Waals surface area (Å²) in [7, 11) is 0. The quantitative estimate of drug-likeness (QED) is 0.872. The largest absolute Gasteiger partial charge is 0.339 e. The molecular weight excluding hydrogens is 270 g/mol. The van der Waals surface area contributed by atoms with E-state index in [0.717, 1.165) is 35.7 Å². The third kappa shape index (κ3) is 3.37. The number of rotatable bonds is 6. The fourth-order valence-electron chi connectivity index (χ4n) is 3.30. The molecule has 1 aromatic rings. The van der Waals surface area contributed by atoms with E-state index >= 15 is 0 Å². The van der Waals surface area contributed by atoms with Gasteiger partial charge < -0.3 is 10.3 Å². The minimum absolute atomic E-state index is 0.250. The predicted molar refractivity (Wildman–Crippen MR) is 81.5 cm³/mol. The third-order valence-corrected chi connectivity index (χ3v) is 6.25. The molecule has 2 fully saturated rings. The second-order valence-electron chi connectivity index (χ2n) is 6.41. The molecule has 0 aliphatic heterocycles. The summed E-state index contributed by atoms with van der Waals surface area (Å²) in [5.74, 6) is 2.54. The lowest BCUT2D eigenvalue weighted by molar-refractivity contribution is 0.129. The van der Waals surface area contributed by atoms with E-state index < -0.39 is 0 Å². The van der Waals surface area contributed by atoms with Crippen molar-refractivity contribution in [1.29, 1.82) is 0 Å². The van der Waals surface area contributed by atoms with Gasteiger partial charge in [0.15, 0.2) is 5.82 Å². The summed E-state index contributed by atoms with van der Waals surface area (Å²) in [5.41, 5.74) is 6.14. The first-order valence-electron chi connectivity index (χ1n) is 7.93. The standard InChI is InChI=1S/C15H25N3OS/c16-11-15(7-4-8-15)9-14-17-13(18-19-14)10-20-12-5-2-1-3-6-12/h12H,1-11,16H2. The maximum absolute atomic E-state index is 5.89. The highest BCUT2D eigenvalue weighted by Gasteiger charge is 2.37. The zero-order chi connectivity index (χ0) is 13.8. The molecule has 2 aliphatic rings. The molecule has 0 aromatic carbocycles. The molecule has 0 spiro atoms. The zero-order valence-corrected chi connectivity index (χ0v) is 13.0. The molecule has 2 aliphatic carbocycles. The molecule has 112 valence electrons. The smallest absolute Gasteiger partial charge is 0.227 e. The van der Waals surface area contributed by atoms with Crippen LogP contribution in [-0.4, -0.2) is 21.9 Å². The van der Waals surface area contributed by atoms with Gasteiger partial charge in [-0.25, -0.2) is 0 Å². The third-order valence-electron chi connectivity index (χ3n) is 4.88. The average molecular weight is 295 g/mol. The minimum atomic E-state index is 0.250. The van der Waals surface area contributed by atoms with Crippen molar-refractivity contribution in [3.8, 4) is 0 Å². The van der Waals surface area contributed by atoms with E-state index in [2.05, 4.69) is 10.1 Å². The molecule has 0 amide bonds. The van der Waals surface area contributed by atoms with Crippen molar-refractivity contribution in [3.05, 3.63) is 11.7 Å². The topological polar surface area (TPSA) is 64.9 Å². The van der Waals surface area contributed by atoms with Crippen LogP contribution in [0.2, 0.25) is 0 Å². The van der Waals surface area contributed by atoms with Gasteiger partial charge in [0.25, 0.3) is 0 Å². The van der Waals surface area contributed by atoms with Crippen LogP contribution < -0.4 is 5.73 Å². The number of aromatic nitrogens is 2. The molecule has 0 radical (unpaired) electrons. The Morgan fingerprint density at radius 3 is 2.65 bits per heavy atom. The van der Waals surface area contributed by atoms with Crippen LogP contribution in [0, 0.1) is 5.41 Å². The van der Waals surface area contributed by atoms with Gasteiger partial charge in [-0.1, -0.05) is 30.8 Å². The number of nitrogens with two attached hydrogens (primary N) is 1. The van der Waals surface area contributed by atoms with Gasteiger partial charge in [0, 0.05) is 11.7 Å². The van der Waals surface area contributed by atoms with Crippen molar-refractivity contribution in [3.63, 3.8) is 0 Å². The summed E-state index contributed by atoms with van der Waals surface area (Å²) >= 11 is 2.00. The Kier molecular flexibility index (Phi) is 4.66. The van der Waals surface area contributed by atoms with Crippen LogP contribution in [0.25, 0.3) is 0 Å². The lowest BCUT2D eigenvalue weighted by atomic mass is 9.67. The lowest BCUT2D eigenvalue weighted by Crippen LogP contribution is -2.39. The minimum Gasteiger partial charge on any atom is -0.339 e. The first-order chi connectivity index (χ1) is 9.80. The fourth-order valence-corrected chi connectivity index (χ4v) is 4.46. The molecule has 20 heavy (non-hydrogen) atoms. The van der Waals surface area contributed by atoms with Gasteiger partial charge in [-0.2, -0.15) is 16.7 Å². The summed E-state index contributed by atoms with van der Waals surface area (Å²) in [5, 5.41) is 4.93.